The van der Waals surface area contributed by atoms with E-state index in [1.165, 1.54) is 116 Å². The molecule has 0 saturated heterocycles. The van der Waals surface area contributed by atoms with Crippen LogP contribution >= 0.6 is 36.6 Å². The van der Waals surface area contributed by atoms with Crippen LogP contribution in [0.4, 0.5) is 0 Å². The Balaban J connectivity index is 0. The van der Waals surface area contributed by atoms with Crippen molar-refractivity contribution in [3.8, 4) is 0 Å². The fourth-order valence-corrected chi connectivity index (χ4v) is 3.67. The van der Waals surface area contributed by atoms with Crippen molar-refractivity contribution < 1.29 is 0 Å². The van der Waals surface area contributed by atoms with Gasteiger partial charge in [-0.05, 0) is 12.8 Å². The molecule has 0 aliphatic carbocycles. The van der Waals surface area contributed by atoms with Crippen LogP contribution in [0.25, 0.3) is 0 Å². The molecule has 142 valence electrons. The maximum atomic E-state index is 4.63. The van der Waals surface area contributed by atoms with Gasteiger partial charge in [-0.15, -0.1) is 24.0 Å². The average Bonchev–Trinajstić information content (AvgIpc) is 2.51. The van der Waals surface area contributed by atoms with Crippen LogP contribution in [0.3, 0.4) is 0 Å². The van der Waals surface area contributed by atoms with Crippen LogP contribution in [-0.2, 0) is 0 Å². The minimum atomic E-state index is 0. The first kappa shape index (κ1) is 26.3. The lowest BCUT2D eigenvalue weighted by Gasteiger charge is -2.08. The van der Waals surface area contributed by atoms with E-state index in [1.54, 1.807) is 0 Å². The Morgan fingerprint density at radius 2 is 0.826 bits per heavy atom. The summed E-state index contributed by atoms with van der Waals surface area (Å²) in [6.45, 7) is 4.55. The second-order valence-electron chi connectivity index (χ2n) is 7.18. The van der Waals surface area contributed by atoms with E-state index >= 15 is 0 Å². The van der Waals surface area contributed by atoms with Crippen molar-refractivity contribution >= 4 is 36.6 Å². The van der Waals surface area contributed by atoms with Gasteiger partial charge in [0.15, 0.2) is 0 Å². The summed E-state index contributed by atoms with van der Waals surface area (Å²) in [7, 11) is 0. The second-order valence-corrected chi connectivity index (χ2v) is 7.91. The van der Waals surface area contributed by atoms with Gasteiger partial charge in [0.25, 0.3) is 0 Å². The second kappa shape index (κ2) is 23.1. The van der Waals surface area contributed by atoms with Crippen LogP contribution in [-0.4, -0.2) is 5.25 Å². The summed E-state index contributed by atoms with van der Waals surface area (Å²) in [5.74, 6) is 0. The molecule has 1 atom stereocenters. The molecule has 0 rings (SSSR count). The van der Waals surface area contributed by atoms with E-state index in [4.69, 9.17) is 0 Å². The van der Waals surface area contributed by atoms with Crippen molar-refractivity contribution in [2.24, 2.45) is 0 Å². The van der Waals surface area contributed by atoms with Crippen molar-refractivity contribution in [1.29, 1.82) is 0 Å². The molecule has 0 aliphatic heterocycles. The Bertz CT molecular complexity index is 196. The Kier molecular flexibility index (Phi) is 26.4. The Hall–Kier alpha value is 1.08. The smallest absolute Gasteiger partial charge is 0.00167 e. The van der Waals surface area contributed by atoms with Gasteiger partial charge in [-0.25, -0.2) is 0 Å². The number of hydrogen-bond donors (Lipinski definition) is 1. The minimum absolute atomic E-state index is 0. The van der Waals surface area contributed by atoms with Gasteiger partial charge in [0.1, 0.15) is 0 Å². The molecule has 0 N–H and O–H groups in total. The Labute approximate surface area is 170 Å². The van der Waals surface area contributed by atoms with E-state index in [-0.39, 0.29) is 24.0 Å². The molecular weight excluding hydrogens is 411 g/mol. The predicted octanol–water partition coefficient (Wildman–Crippen LogP) is 8.96. The third kappa shape index (κ3) is 23.1. The van der Waals surface area contributed by atoms with Gasteiger partial charge in [0, 0.05) is 5.25 Å². The SMILES string of the molecule is CCCCCCCCCCCCCCCCCC(S)CCC.I. The molecule has 1 unspecified atom stereocenters. The van der Waals surface area contributed by atoms with Crippen LogP contribution in [0, 0.1) is 0 Å². The molecule has 0 spiro atoms. The minimum Gasteiger partial charge on any atom is -0.176 e. The lowest BCUT2D eigenvalue weighted by molar-refractivity contribution is 0.526. The number of thiol groups is 1. The normalized spacial score (nSPS) is 12.1. The van der Waals surface area contributed by atoms with E-state index < -0.39 is 0 Å². The summed E-state index contributed by atoms with van der Waals surface area (Å²) < 4.78 is 0. The molecule has 0 aromatic rings. The van der Waals surface area contributed by atoms with Crippen LogP contribution in [0.1, 0.15) is 129 Å². The van der Waals surface area contributed by atoms with Crippen molar-refractivity contribution in [2.75, 3.05) is 0 Å². The fourth-order valence-electron chi connectivity index (χ4n) is 3.23. The Morgan fingerprint density at radius 3 is 1.17 bits per heavy atom. The largest absolute Gasteiger partial charge is 0.176 e. The topological polar surface area (TPSA) is 0 Å². The molecule has 0 radical (unpaired) electrons. The summed E-state index contributed by atoms with van der Waals surface area (Å²) in [6.07, 6.45) is 25.7. The number of hydrogen-bond acceptors (Lipinski definition) is 1. The number of rotatable bonds is 18. The Morgan fingerprint density at radius 1 is 0.478 bits per heavy atom. The van der Waals surface area contributed by atoms with E-state index in [2.05, 4.69) is 26.5 Å². The van der Waals surface area contributed by atoms with Gasteiger partial charge in [-0.2, -0.15) is 12.6 Å². The molecule has 0 aromatic carbocycles. The summed E-state index contributed by atoms with van der Waals surface area (Å²) in [5.41, 5.74) is 0. The quantitative estimate of drug-likeness (QED) is 0.119. The first-order valence-corrected chi connectivity index (χ1v) is 11.0. The van der Waals surface area contributed by atoms with Crippen molar-refractivity contribution in [1.82, 2.24) is 0 Å². The van der Waals surface area contributed by atoms with Gasteiger partial charge in [0.2, 0.25) is 0 Å². The zero-order valence-electron chi connectivity index (χ0n) is 16.2. The van der Waals surface area contributed by atoms with Crippen LogP contribution in [0.5, 0.6) is 0 Å². The van der Waals surface area contributed by atoms with Crippen LogP contribution in [0.2, 0.25) is 0 Å². The van der Waals surface area contributed by atoms with Gasteiger partial charge in [0.05, 0.1) is 0 Å². The average molecular weight is 457 g/mol. The zero-order chi connectivity index (χ0) is 16.3. The molecule has 0 nitrogen and oxygen atoms in total. The summed E-state index contributed by atoms with van der Waals surface area (Å²) in [5, 5.41) is 0.659. The molecule has 0 amide bonds. The molecule has 0 fully saturated rings. The number of halogens is 1. The first-order chi connectivity index (χ1) is 10.8. The van der Waals surface area contributed by atoms with Crippen LogP contribution in [0.15, 0.2) is 0 Å². The maximum absolute atomic E-state index is 4.63. The fraction of sp³-hybridized carbons (Fsp3) is 1.00. The van der Waals surface area contributed by atoms with Crippen molar-refractivity contribution in [3.05, 3.63) is 0 Å². The standard InChI is InChI=1S/C21H44S.HI/c1-3-5-6-7-8-9-10-11-12-13-14-15-16-17-18-20-21(22)19-4-2;/h21-22H,3-20H2,1-2H3;1H. The van der Waals surface area contributed by atoms with E-state index in [9.17, 15) is 0 Å². The van der Waals surface area contributed by atoms with E-state index in [0.717, 1.165) is 0 Å². The van der Waals surface area contributed by atoms with Gasteiger partial charge < -0.3 is 0 Å². The first-order valence-electron chi connectivity index (χ1n) is 10.5. The molecule has 0 aromatic heterocycles. The summed E-state index contributed by atoms with van der Waals surface area (Å²) >= 11 is 4.63. The zero-order valence-corrected chi connectivity index (χ0v) is 19.4. The molecule has 0 bridgehead atoms. The molecule has 0 saturated carbocycles. The predicted molar refractivity (Wildman–Crippen MR) is 123 cm³/mol. The lowest BCUT2D eigenvalue weighted by Crippen LogP contribution is -1.97. The van der Waals surface area contributed by atoms with E-state index in [1.807, 2.05) is 0 Å². The molecule has 23 heavy (non-hydrogen) atoms. The molecule has 0 heterocycles. The highest BCUT2D eigenvalue weighted by Gasteiger charge is 2.00. The van der Waals surface area contributed by atoms with Gasteiger partial charge in [-0.1, -0.05) is 117 Å². The van der Waals surface area contributed by atoms with Crippen molar-refractivity contribution in [3.63, 3.8) is 0 Å². The maximum Gasteiger partial charge on any atom is 0.00167 e. The van der Waals surface area contributed by atoms with E-state index in [0.29, 0.717) is 5.25 Å². The highest BCUT2D eigenvalue weighted by Crippen LogP contribution is 2.16. The van der Waals surface area contributed by atoms with Crippen molar-refractivity contribution in [2.45, 2.75) is 135 Å². The third-order valence-corrected chi connectivity index (χ3v) is 5.28. The summed E-state index contributed by atoms with van der Waals surface area (Å²) in [4.78, 5) is 0. The molecular formula is C21H45IS. The third-order valence-electron chi connectivity index (χ3n) is 4.76. The highest BCUT2D eigenvalue weighted by molar-refractivity contribution is 14.0. The summed E-state index contributed by atoms with van der Waals surface area (Å²) in [6, 6.07) is 0. The van der Waals surface area contributed by atoms with Gasteiger partial charge >= 0.3 is 0 Å². The number of unbranched alkanes of at least 4 members (excludes halogenated alkanes) is 14. The molecule has 0 aliphatic rings. The monoisotopic (exact) mass is 456 g/mol. The highest BCUT2D eigenvalue weighted by atomic mass is 127. The molecule has 2 heteroatoms. The van der Waals surface area contributed by atoms with Crippen LogP contribution < -0.4 is 0 Å². The van der Waals surface area contributed by atoms with Gasteiger partial charge in [-0.3, -0.25) is 0 Å². The lowest BCUT2D eigenvalue weighted by atomic mass is 10.0.